The number of aromatic nitrogens is 2. The van der Waals surface area contributed by atoms with E-state index < -0.39 is 0 Å². The average Bonchev–Trinajstić information content (AvgIpc) is 3.28. The van der Waals surface area contributed by atoms with Gasteiger partial charge in [0.15, 0.2) is 5.82 Å². The summed E-state index contributed by atoms with van der Waals surface area (Å²) in [7, 11) is 0. The van der Waals surface area contributed by atoms with Gasteiger partial charge < -0.3 is 0 Å². The molecule has 56 heavy (non-hydrogen) atoms. The van der Waals surface area contributed by atoms with Crippen LogP contribution in [0.15, 0.2) is 200 Å². The highest BCUT2D eigenvalue weighted by molar-refractivity contribution is 6.20. The standard InChI is InChI=1S/C53H33N3/c54-34-35-17-19-38(20-18-35)43-13-8-14-45(31-43)51-33-50(55-53(56-51)42-27-21-37(22-28-42)36-9-2-1-3-10-36)40-23-25-41(26-24-40)52-47-16-7-5-12-44(47)32-49-46-15-6-4-11-39(46)29-30-48(49)52/h1-33H. The number of rotatable bonds is 6. The van der Waals surface area contributed by atoms with Crippen LogP contribution in [-0.4, -0.2) is 9.97 Å². The highest BCUT2D eigenvalue weighted by Crippen LogP contribution is 2.40. The average molecular weight is 712 g/mol. The fourth-order valence-electron chi connectivity index (χ4n) is 7.85. The van der Waals surface area contributed by atoms with Gasteiger partial charge in [0.1, 0.15) is 0 Å². The first-order chi connectivity index (χ1) is 27.7. The molecule has 0 spiro atoms. The molecule has 0 aliphatic heterocycles. The van der Waals surface area contributed by atoms with Gasteiger partial charge in [0.2, 0.25) is 0 Å². The first kappa shape index (κ1) is 32.9. The molecule has 0 unspecified atom stereocenters. The van der Waals surface area contributed by atoms with Crippen molar-refractivity contribution in [1.29, 1.82) is 5.26 Å². The number of benzene rings is 9. The Hall–Kier alpha value is -7.67. The third-order valence-electron chi connectivity index (χ3n) is 10.7. The Labute approximate surface area is 325 Å². The van der Waals surface area contributed by atoms with Crippen LogP contribution in [0.3, 0.4) is 0 Å². The zero-order chi connectivity index (χ0) is 37.4. The van der Waals surface area contributed by atoms with E-state index in [1.165, 1.54) is 43.4 Å². The van der Waals surface area contributed by atoms with Crippen LogP contribution in [0.5, 0.6) is 0 Å². The lowest BCUT2D eigenvalue weighted by atomic mass is 9.89. The van der Waals surface area contributed by atoms with Crippen molar-refractivity contribution < 1.29 is 0 Å². The second-order valence-corrected chi connectivity index (χ2v) is 14.1. The van der Waals surface area contributed by atoms with Crippen molar-refractivity contribution in [2.75, 3.05) is 0 Å². The van der Waals surface area contributed by atoms with E-state index in [1.807, 2.05) is 30.3 Å². The molecule has 0 amide bonds. The molecule has 1 aromatic heterocycles. The van der Waals surface area contributed by atoms with Crippen LogP contribution in [0.1, 0.15) is 5.56 Å². The van der Waals surface area contributed by atoms with E-state index in [4.69, 9.17) is 9.97 Å². The molecule has 3 heteroatoms. The molecule has 10 rings (SSSR count). The summed E-state index contributed by atoms with van der Waals surface area (Å²) in [5, 5.41) is 16.8. The maximum Gasteiger partial charge on any atom is 0.160 e. The lowest BCUT2D eigenvalue weighted by molar-refractivity contribution is 1.18. The van der Waals surface area contributed by atoms with E-state index in [2.05, 4.69) is 176 Å². The van der Waals surface area contributed by atoms with Crippen molar-refractivity contribution in [3.05, 3.63) is 206 Å². The number of nitrogens with zero attached hydrogens (tertiary/aromatic N) is 3. The second-order valence-electron chi connectivity index (χ2n) is 14.1. The topological polar surface area (TPSA) is 49.6 Å². The van der Waals surface area contributed by atoms with Crippen LogP contribution < -0.4 is 0 Å². The number of hydrogen-bond acceptors (Lipinski definition) is 3. The van der Waals surface area contributed by atoms with Crippen molar-refractivity contribution in [1.82, 2.24) is 9.97 Å². The molecule has 0 aliphatic rings. The van der Waals surface area contributed by atoms with E-state index in [1.54, 1.807) is 0 Å². The summed E-state index contributed by atoms with van der Waals surface area (Å²) in [6.45, 7) is 0. The number of fused-ring (bicyclic) bond motifs is 4. The van der Waals surface area contributed by atoms with E-state index in [0.717, 1.165) is 50.3 Å². The van der Waals surface area contributed by atoms with Gasteiger partial charge >= 0.3 is 0 Å². The summed E-state index contributed by atoms with van der Waals surface area (Å²) in [6.07, 6.45) is 0. The van der Waals surface area contributed by atoms with Crippen molar-refractivity contribution in [2.24, 2.45) is 0 Å². The molecule has 1 heterocycles. The van der Waals surface area contributed by atoms with Crippen molar-refractivity contribution >= 4 is 32.3 Å². The zero-order valence-electron chi connectivity index (χ0n) is 30.4. The molecule has 3 nitrogen and oxygen atoms in total. The predicted octanol–water partition coefficient (Wildman–Crippen LogP) is 13.8. The molecule has 9 aromatic carbocycles. The van der Waals surface area contributed by atoms with Gasteiger partial charge in [-0.25, -0.2) is 9.97 Å². The van der Waals surface area contributed by atoms with Crippen LogP contribution >= 0.6 is 0 Å². The van der Waals surface area contributed by atoms with Crippen molar-refractivity contribution in [3.8, 4) is 73.4 Å². The molecule has 0 fully saturated rings. The largest absolute Gasteiger partial charge is 0.228 e. The Morgan fingerprint density at radius 3 is 1.64 bits per heavy atom. The van der Waals surface area contributed by atoms with E-state index >= 15 is 0 Å². The minimum absolute atomic E-state index is 0.640. The third kappa shape index (κ3) is 6.06. The van der Waals surface area contributed by atoms with E-state index in [0.29, 0.717) is 11.4 Å². The van der Waals surface area contributed by atoms with E-state index in [-0.39, 0.29) is 0 Å². The Kier molecular flexibility index (Phi) is 8.21. The highest BCUT2D eigenvalue weighted by atomic mass is 14.9. The maximum absolute atomic E-state index is 9.33. The van der Waals surface area contributed by atoms with Gasteiger partial charge in [-0.1, -0.05) is 170 Å². The van der Waals surface area contributed by atoms with Crippen LogP contribution in [0.25, 0.3) is 99.6 Å². The minimum Gasteiger partial charge on any atom is -0.228 e. The third-order valence-corrected chi connectivity index (χ3v) is 10.7. The van der Waals surface area contributed by atoms with Gasteiger partial charge in [-0.05, 0) is 96.0 Å². The first-order valence-electron chi connectivity index (χ1n) is 18.8. The molecule has 0 bridgehead atoms. The van der Waals surface area contributed by atoms with Crippen LogP contribution in [0, 0.1) is 11.3 Å². The molecule has 0 radical (unpaired) electrons. The summed E-state index contributed by atoms with van der Waals surface area (Å²) in [4.78, 5) is 10.4. The summed E-state index contributed by atoms with van der Waals surface area (Å²) in [6, 6.07) is 72.3. The minimum atomic E-state index is 0.640. The molecule has 0 atom stereocenters. The first-order valence-corrected chi connectivity index (χ1v) is 18.8. The van der Waals surface area contributed by atoms with Gasteiger partial charge in [-0.15, -0.1) is 0 Å². The Bertz CT molecular complexity index is 3100. The smallest absolute Gasteiger partial charge is 0.160 e. The molecule has 0 saturated carbocycles. The van der Waals surface area contributed by atoms with Gasteiger partial charge in [0.05, 0.1) is 23.0 Å². The van der Waals surface area contributed by atoms with Gasteiger partial charge in [0.25, 0.3) is 0 Å². The molecule has 0 aliphatic carbocycles. The Morgan fingerprint density at radius 2 is 0.875 bits per heavy atom. The van der Waals surface area contributed by atoms with E-state index in [9.17, 15) is 5.26 Å². The van der Waals surface area contributed by atoms with Crippen LogP contribution in [0.2, 0.25) is 0 Å². The Morgan fingerprint density at radius 1 is 0.321 bits per heavy atom. The predicted molar refractivity (Wildman–Crippen MR) is 232 cm³/mol. The second kappa shape index (κ2) is 14.0. The monoisotopic (exact) mass is 711 g/mol. The maximum atomic E-state index is 9.33. The lowest BCUT2D eigenvalue weighted by Gasteiger charge is -2.15. The molecular formula is C53H33N3. The summed E-state index contributed by atoms with van der Waals surface area (Å²) >= 11 is 0. The summed E-state index contributed by atoms with van der Waals surface area (Å²) in [5.74, 6) is 0.664. The lowest BCUT2D eigenvalue weighted by Crippen LogP contribution is -1.96. The van der Waals surface area contributed by atoms with Gasteiger partial charge in [0, 0.05) is 16.7 Å². The fraction of sp³-hybridized carbons (Fsp3) is 0. The molecule has 260 valence electrons. The Balaban J connectivity index is 1.10. The SMILES string of the molecule is N#Cc1ccc(-c2cccc(-c3cc(-c4ccc(-c5c6ccccc6cc6c5ccc5ccccc56)cc4)nc(-c4ccc(-c5ccccc5)cc4)n3)c2)cc1. The zero-order valence-corrected chi connectivity index (χ0v) is 30.4. The summed E-state index contributed by atoms with van der Waals surface area (Å²) in [5.41, 5.74) is 12.1. The van der Waals surface area contributed by atoms with Crippen molar-refractivity contribution in [3.63, 3.8) is 0 Å². The van der Waals surface area contributed by atoms with Crippen LogP contribution in [0.4, 0.5) is 0 Å². The van der Waals surface area contributed by atoms with Gasteiger partial charge in [-0.2, -0.15) is 5.26 Å². The molecule has 0 N–H and O–H groups in total. The molecule has 10 aromatic rings. The van der Waals surface area contributed by atoms with Gasteiger partial charge in [-0.3, -0.25) is 0 Å². The fourth-order valence-corrected chi connectivity index (χ4v) is 7.85. The summed E-state index contributed by atoms with van der Waals surface area (Å²) < 4.78 is 0. The quantitative estimate of drug-likeness (QED) is 0.127. The normalized spacial score (nSPS) is 11.2. The highest BCUT2D eigenvalue weighted by Gasteiger charge is 2.15. The molecule has 0 saturated heterocycles. The van der Waals surface area contributed by atoms with Crippen molar-refractivity contribution in [2.45, 2.75) is 0 Å². The van der Waals surface area contributed by atoms with Crippen LogP contribution in [-0.2, 0) is 0 Å². The number of nitriles is 1. The number of hydrogen-bond donors (Lipinski definition) is 0. The molecular weight excluding hydrogens is 679 g/mol.